The lowest BCUT2D eigenvalue weighted by Gasteiger charge is -2.31. The summed E-state index contributed by atoms with van der Waals surface area (Å²) in [5, 5.41) is 0. The summed E-state index contributed by atoms with van der Waals surface area (Å²) < 4.78 is 20.0. The highest BCUT2D eigenvalue weighted by Crippen LogP contribution is 2.38. The van der Waals surface area contributed by atoms with Crippen molar-refractivity contribution in [1.29, 1.82) is 0 Å². The molecule has 2 aromatic carbocycles. The minimum absolute atomic E-state index is 0.0685. The number of rotatable bonds is 3. The van der Waals surface area contributed by atoms with E-state index in [1.54, 1.807) is 67.0 Å². The molecule has 0 bridgehead atoms. The minimum atomic E-state index is -0.373. The number of carbonyl (C=O) groups is 1. The number of hydrogen-bond acceptors (Lipinski definition) is 4. The first-order valence-corrected chi connectivity index (χ1v) is 8.36. The summed E-state index contributed by atoms with van der Waals surface area (Å²) in [6.07, 6.45) is 4.90. The second-order valence-electron chi connectivity index (χ2n) is 6.10. The molecule has 2 heterocycles. The highest BCUT2D eigenvalue weighted by atomic mass is 19.1. The first-order chi connectivity index (χ1) is 13.1. The van der Waals surface area contributed by atoms with Crippen LogP contribution in [0.25, 0.3) is 6.08 Å². The van der Waals surface area contributed by atoms with E-state index in [0.29, 0.717) is 22.7 Å². The molecule has 1 amide bonds. The van der Waals surface area contributed by atoms with Gasteiger partial charge >= 0.3 is 0 Å². The molecule has 0 radical (unpaired) electrons. The number of fused-ring (bicyclic) bond motifs is 1. The van der Waals surface area contributed by atoms with E-state index in [1.165, 1.54) is 11.0 Å². The van der Waals surface area contributed by atoms with Crippen molar-refractivity contribution < 1.29 is 13.9 Å². The van der Waals surface area contributed by atoms with Crippen LogP contribution in [0, 0.1) is 5.82 Å². The van der Waals surface area contributed by atoms with Crippen LogP contribution in [0.1, 0.15) is 11.1 Å². The van der Waals surface area contributed by atoms with Crippen LogP contribution >= 0.6 is 0 Å². The number of nitrogens with zero attached hydrogens (tertiary/aromatic N) is 2. The van der Waals surface area contributed by atoms with Crippen molar-refractivity contribution in [3.05, 3.63) is 89.7 Å². The van der Waals surface area contributed by atoms with Crippen LogP contribution < -0.4 is 15.4 Å². The van der Waals surface area contributed by atoms with Gasteiger partial charge in [-0.05, 0) is 48.0 Å². The molecule has 3 aromatic rings. The van der Waals surface area contributed by atoms with E-state index in [1.807, 2.05) is 0 Å². The molecule has 0 saturated heterocycles. The third-order valence-electron chi connectivity index (χ3n) is 4.24. The molecule has 5 nitrogen and oxygen atoms in total. The maximum Gasteiger partial charge on any atom is 0.294 e. The molecular formula is C21H16FN3O2. The Kier molecular flexibility index (Phi) is 4.30. The van der Waals surface area contributed by atoms with Crippen LogP contribution in [-0.4, -0.2) is 10.9 Å². The number of anilines is 2. The van der Waals surface area contributed by atoms with Gasteiger partial charge in [0.1, 0.15) is 5.82 Å². The molecule has 134 valence electrons. The Balaban J connectivity index is 1.78. The van der Waals surface area contributed by atoms with E-state index in [4.69, 9.17) is 10.5 Å². The number of pyridine rings is 1. The van der Waals surface area contributed by atoms with Gasteiger partial charge in [-0.2, -0.15) is 0 Å². The highest BCUT2D eigenvalue weighted by Gasteiger charge is 2.31. The number of benzene rings is 2. The third kappa shape index (κ3) is 3.37. The predicted octanol–water partition coefficient (Wildman–Crippen LogP) is 3.77. The zero-order chi connectivity index (χ0) is 18.8. The van der Waals surface area contributed by atoms with E-state index in [2.05, 4.69) is 4.98 Å². The molecule has 0 unspecified atom stereocenters. The van der Waals surface area contributed by atoms with Gasteiger partial charge in [0, 0.05) is 23.6 Å². The topological polar surface area (TPSA) is 68.5 Å². The van der Waals surface area contributed by atoms with Gasteiger partial charge in [-0.15, -0.1) is 0 Å². The summed E-state index contributed by atoms with van der Waals surface area (Å²) in [5.74, 6) is -0.106. The summed E-state index contributed by atoms with van der Waals surface area (Å²) >= 11 is 0. The van der Waals surface area contributed by atoms with Crippen LogP contribution in [0.4, 0.5) is 15.8 Å². The summed E-state index contributed by atoms with van der Waals surface area (Å²) in [6, 6.07) is 14.9. The SMILES string of the molecule is Nc1ccc2c(c1)N(Cc1ccccc1F)C(=O)/C(=C\c1ccncc1)O2. The summed E-state index contributed by atoms with van der Waals surface area (Å²) in [4.78, 5) is 18.5. The standard InChI is InChI=1S/C21H16FN3O2/c22-17-4-2-1-3-15(17)13-25-18-12-16(23)5-6-19(18)27-20(21(25)26)11-14-7-9-24-10-8-14/h1-12H,13,23H2/b20-11+. The maximum absolute atomic E-state index is 14.2. The normalized spacial score (nSPS) is 14.8. The smallest absolute Gasteiger partial charge is 0.294 e. The average molecular weight is 361 g/mol. The van der Waals surface area contributed by atoms with E-state index in [0.717, 1.165) is 5.56 Å². The lowest BCUT2D eigenvalue weighted by Crippen LogP contribution is -2.37. The number of halogens is 1. The second kappa shape index (κ2) is 6.92. The molecule has 2 N–H and O–H groups in total. The van der Waals surface area contributed by atoms with Crippen LogP contribution in [0.2, 0.25) is 0 Å². The number of ether oxygens (including phenoxy) is 1. The van der Waals surface area contributed by atoms with Gasteiger partial charge in [0.05, 0.1) is 12.2 Å². The lowest BCUT2D eigenvalue weighted by atomic mass is 10.1. The molecule has 0 saturated carbocycles. The molecule has 0 atom stereocenters. The van der Waals surface area contributed by atoms with Crippen molar-refractivity contribution in [1.82, 2.24) is 4.98 Å². The van der Waals surface area contributed by atoms with Gasteiger partial charge in [-0.1, -0.05) is 18.2 Å². The van der Waals surface area contributed by atoms with Gasteiger partial charge in [-0.3, -0.25) is 14.7 Å². The Morgan fingerprint density at radius 2 is 1.89 bits per heavy atom. The number of hydrogen-bond donors (Lipinski definition) is 1. The van der Waals surface area contributed by atoms with Crippen molar-refractivity contribution in [3.8, 4) is 5.75 Å². The zero-order valence-electron chi connectivity index (χ0n) is 14.3. The third-order valence-corrected chi connectivity index (χ3v) is 4.24. The molecule has 0 fully saturated rings. The zero-order valence-corrected chi connectivity index (χ0v) is 14.3. The number of amides is 1. The van der Waals surface area contributed by atoms with Crippen LogP contribution in [0.15, 0.2) is 72.8 Å². The molecule has 1 aromatic heterocycles. The van der Waals surface area contributed by atoms with Crippen molar-refractivity contribution in [2.45, 2.75) is 6.54 Å². The Labute approximate surface area is 155 Å². The minimum Gasteiger partial charge on any atom is -0.449 e. The van der Waals surface area contributed by atoms with E-state index in [9.17, 15) is 9.18 Å². The van der Waals surface area contributed by atoms with Crippen molar-refractivity contribution in [2.24, 2.45) is 0 Å². The molecule has 6 heteroatoms. The Morgan fingerprint density at radius 1 is 1.11 bits per heavy atom. The summed E-state index contributed by atoms with van der Waals surface area (Å²) in [7, 11) is 0. The van der Waals surface area contributed by atoms with Crippen LogP contribution in [-0.2, 0) is 11.3 Å². The highest BCUT2D eigenvalue weighted by molar-refractivity contribution is 6.10. The van der Waals surface area contributed by atoms with E-state index >= 15 is 0 Å². The molecule has 1 aliphatic rings. The largest absolute Gasteiger partial charge is 0.449 e. The molecule has 1 aliphatic heterocycles. The molecule has 0 spiro atoms. The first kappa shape index (κ1) is 16.8. The molecule has 0 aliphatic carbocycles. The van der Waals surface area contributed by atoms with Gasteiger partial charge in [0.25, 0.3) is 5.91 Å². The van der Waals surface area contributed by atoms with Crippen molar-refractivity contribution >= 4 is 23.4 Å². The Morgan fingerprint density at radius 3 is 2.67 bits per heavy atom. The Hall–Kier alpha value is -3.67. The lowest BCUT2D eigenvalue weighted by molar-refractivity contribution is -0.117. The number of nitrogens with two attached hydrogens (primary N) is 1. The molecular weight excluding hydrogens is 345 g/mol. The number of aromatic nitrogens is 1. The predicted molar refractivity (Wildman–Crippen MR) is 101 cm³/mol. The fraction of sp³-hybridized carbons (Fsp3) is 0.0476. The van der Waals surface area contributed by atoms with E-state index < -0.39 is 0 Å². The Bertz CT molecular complexity index is 1030. The van der Waals surface area contributed by atoms with Gasteiger partial charge < -0.3 is 10.5 Å². The summed E-state index contributed by atoms with van der Waals surface area (Å²) in [6.45, 7) is 0.0685. The van der Waals surface area contributed by atoms with Gasteiger partial charge in [0.15, 0.2) is 11.5 Å². The molecule has 27 heavy (non-hydrogen) atoms. The van der Waals surface area contributed by atoms with E-state index in [-0.39, 0.29) is 24.0 Å². The average Bonchev–Trinajstić information content (AvgIpc) is 2.68. The quantitative estimate of drug-likeness (QED) is 0.570. The van der Waals surface area contributed by atoms with Gasteiger partial charge in [0.2, 0.25) is 0 Å². The monoisotopic (exact) mass is 361 g/mol. The second-order valence-corrected chi connectivity index (χ2v) is 6.10. The van der Waals surface area contributed by atoms with Crippen LogP contribution in [0.5, 0.6) is 5.75 Å². The number of carbonyl (C=O) groups excluding carboxylic acids is 1. The first-order valence-electron chi connectivity index (χ1n) is 8.36. The fourth-order valence-electron chi connectivity index (χ4n) is 2.89. The molecule has 4 rings (SSSR count). The maximum atomic E-state index is 14.2. The fourth-order valence-corrected chi connectivity index (χ4v) is 2.89. The van der Waals surface area contributed by atoms with Gasteiger partial charge in [-0.25, -0.2) is 4.39 Å². The number of nitrogen functional groups attached to an aromatic ring is 1. The van der Waals surface area contributed by atoms with Crippen LogP contribution in [0.3, 0.4) is 0 Å². The van der Waals surface area contributed by atoms with Crippen molar-refractivity contribution in [3.63, 3.8) is 0 Å². The summed E-state index contributed by atoms with van der Waals surface area (Å²) in [5.41, 5.74) is 8.07. The van der Waals surface area contributed by atoms with Crippen molar-refractivity contribution in [2.75, 3.05) is 10.6 Å².